The molecular formula is C12H17N3O5. The van der Waals surface area contributed by atoms with Gasteiger partial charge in [-0.05, 0) is 13.0 Å². The number of hydrogen-bond donors (Lipinski definition) is 4. The van der Waals surface area contributed by atoms with Crippen molar-refractivity contribution in [3.05, 3.63) is 34.9 Å². The van der Waals surface area contributed by atoms with Crippen LogP contribution in [0, 0.1) is 0 Å². The summed E-state index contributed by atoms with van der Waals surface area (Å²) < 4.78 is 6.53. The van der Waals surface area contributed by atoms with Gasteiger partial charge in [-0.3, -0.25) is 4.57 Å². The highest BCUT2D eigenvalue weighted by molar-refractivity contribution is 5.24. The lowest BCUT2D eigenvalue weighted by atomic mass is 9.95. The third kappa shape index (κ3) is 2.22. The maximum atomic E-state index is 11.8. The monoisotopic (exact) mass is 283 g/mol. The van der Waals surface area contributed by atoms with Crippen molar-refractivity contribution in [2.75, 3.05) is 12.3 Å². The summed E-state index contributed by atoms with van der Waals surface area (Å²) in [5.74, 6) is 0.0427. The number of nitrogens with two attached hydrogens (primary N) is 1. The fraction of sp³-hybridized carbons (Fsp3) is 0.500. The number of nitrogen functional groups attached to an aromatic ring is 1. The fourth-order valence-corrected chi connectivity index (χ4v) is 2.25. The molecule has 0 aliphatic carbocycles. The van der Waals surface area contributed by atoms with Gasteiger partial charge in [-0.2, -0.15) is 4.98 Å². The van der Waals surface area contributed by atoms with Crippen molar-refractivity contribution in [1.29, 1.82) is 0 Å². The average molecular weight is 283 g/mol. The van der Waals surface area contributed by atoms with Crippen LogP contribution in [0.2, 0.25) is 0 Å². The molecule has 0 saturated carbocycles. The van der Waals surface area contributed by atoms with Crippen molar-refractivity contribution >= 4 is 5.82 Å². The van der Waals surface area contributed by atoms with E-state index >= 15 is 0 Å². The highest BCUT2D eigenvalue weighted by atomic mass is 16.6. The normalized spacial score (nSPS) is 33.9. The minimum absolute atomic E-state index is 0.0427. The van der Waals surface area contributed by atoms with Gasteiger partial charge in [-0.15, -0.1) is 0 Å². The first-order valence-corrected chi connectivity index (χ1v) is 6.08. The van der Waals surface area contributed by atoms with E-state index in [1.165, 1.54) is 18.3 Å². The molecule has 4 atom stereocenters. The first kappa shape index (κ1) is 14.7. The largest absolute Gasteiger partial charge is 0.393 e. The molecule has 2 heterocycles. The van der Waals surface area contributed by atoms with Gasteiger partial charge in [0, 0.05) is 6.20 Å². The number of allylic oxidation sites excluding steroid dienone is 1. The summed E-state index contributed by atoms with van der Waals surface area (Å²) in [4.78, 5) is 15.3. The summed E-state index contributed by atoms with van der Waals surface area (Å²) in [6.07, 6.45) is 0.414. The van der Waals surface area contributed by atoms with Gasteiger partial charge in [0.25, 0.3) is 0 Å². The van der Waals surface area contributed by atoms with E-state index in [1.54, 1.807) is 13.0 Å². The van der Waals surface area contributed by atoms with Crippen molar-refractivity contribution in [1.82, 2.24) is 9.55 Å². The van der Waals surface area contributed by atoms with Crippen LogP contribution in [0.3, 0.4) is 0 Å². The van der Waals surface area contributed by atoms with Gasteiger partial charge >= 0.3 is 5.69 Å². The highest BCUT2D eigenvalue weighted by Gasteiger charge is 2.53. The molecule has 1 aromatic rings. The predicted molar refractivity (Wildman–Crippen MR) is 69.7 cm³/mol. The van der Waals surface area contributed by atoms with E-state index in [0.717, 1.165) is 4.57 Å². The van der Waals surface area contributed by atoms with Crippen LogP contribution in [0.5, 0.6) is 0 Å². The van der Waals surface area contributed by atoms with Crippen LogP contribution < -0.4 is 11.4 Å². The molecule has 1 aliphatic heterocycles. The molecule has 2 rings (SSSR count). The van der Waals surface area contributed by atoms with Gasteiger partial charge in [0.05, 0.1) is 6.61 Å². The summed E-state index contributed by atoms with van der Waals surface area (Å²) in [6.45, 7) is 1.15. The number of aliphatic hydroxyl groups excluding tert-OH is 3. The number of nitrogens with zero attached hydrogens (tertiary/aromatic N) is 2. The second kappa shape index (κ2) is 5.33. The van der Waals surface area contributed by atoms with E-state index in [-0.39, 0.29) is 5.82 Å². The molecule has 8 heteroatoms. The molecule has 0 spiro atoms. The summed E-state index contributed by atoms with van der Waals surface area (Å²) in [5.41, 5.74) is 3.22. The van der Waals surface area contributed by atoms with E-state index in [0.29, 0.717) is 0 Å². The lowest BCUT2D eigenvalue weighted by molar-refractivity contribution is -0.0995. The zero-order chi connectivity index (χ0) is 14.9. The van der Waals surface area contributed by atoms with Crippen LogP contribution in [0.1, 0.15) is 13.2 Å². The molecule has 2 unspecified atom stereocenters. The van der Waals surface area contributed by atoms with Crippen molar-refractivity contribution < 1.29 is 20.1 Å². The fourth-order valence-electron chi connectivity index (χ4n) is 2.25. The number of anilines is 1. The summed E-state index contributed by atoms with van der Waals surface area (Å²) in [5, 5.41) is 29.6. The smallest absolute Gasteiger partial charge is 0.351 e. The molecule has 5 N–H and O–H groups in total. The Kier molecular flexibility index (Phi) is 3.91. The molecule has 110 valence electrons. The third-order valence-electron chi connectivity index (χ3n) is 3.28. The Hall–Kier alpha value is -1.74. The Labute approximate surface area is 114 Å². The summed E-state index contributed by atoms with van der Waals surface area (Å²) in [6, 6.07) is 1.37. The Morgan fingerprint density at radius 3 is 2.85 bits per heavy atom. The van der Waals surface area contributed by atoms with Gasteiger partial charge in [0.2, 0.25) is 0 Å². The summed E-state index contributed by atoms with van der Waals surface area (Å²) >= 11 is 0. The molecule has 0 radical (unpaired) electrons. The summed E-state index contributed by atoms with van der Waals surface area (Å²) in [7, 11) is 0. The second-order valence-electron chi connectivity index (χ2n) is 4.60. The lowest BCUT2D eigenvalue weighted by Crippen LogP contribution is -2.44. The molecule has 1 aromatic heterocycles. The average Bonchev–Trinajstić information content (AvgIpc) is 2.65. The van der Waals surface area contributed by atoms with Gasteiger partial charge in [-0.25, -0.2) is 4.79 Å². The molecule has 1 saturated heterocycles. The zero-order valence-corrected chi connectivity index (χ0v) is 10.9. The lowest BCUT2D eigenvalue weighted by Gasteiger charge is -2.26. The van der Waals surface area contributed by atoms with Crippen molar-refractivity contribution in [3.8, 4) is 0 Å². The van der Waals surface area contributed by atoms with Crippen LogP contribution in [0.4, 0.5) is 5.82 Å². The molecule has 20 heavy (non-hydrogen) atoms. The number of aliphatic hydroxyl groups is 3. The number of rotatable bonds is 3. The van der Waals surface area contributed by atoms with Crippen LogP contribution >= 0.6 is 0 Å². The molecule has 8 nitrogen and oxygen atoms in total. The Bertz CT molecular complexity index is 572. The van der Waals surface area contributed by atoms with Crippen LogP contribution in [-0.4, -0.2) is 49.3 Å². The van der Waals surface area contributed by atoms with Crippen molar-refractivity contribution in [2.45, 2.75) is 31.0 Å². The molecule has 0 aromatic carbocycles. The Morgan fingerprint density at radius 1 is 1.60 bits per heavy atom. The standard InChI is InChI=1S/C12H17N3O5/c1-2-4-12(6-16)9(18)8(17)10(20-12)15-5-3-7(13)14-11(15)19/h2-5,8-10,16-18H,6H2,1H3,(H2,13,14,19)/b4-2-/t8?,9?,10-,12-/m1/s1. The van der Waals surface area contributed by atoms with Gasteiger partial charge < -0.3 is 25.8 Å². The van der Waals surface area contributed by atoms with E-state index < -0.39 is 36.3 Å². The van der Waals surface area contributed by atoms with Crippen LogP contribution in [-0.2, 0) is 4.74 Å². The highest BCUT2D eigenvalue weighted by Crippen LogP contribution is 2.37. The molecular weight excluding hydrogens is 266 g/mol. The van der Waals surface area contributed by atoms with Crippen LogP contribution in [0.25, 0.3) is 0 Å². The van der Waals surface area contributed by atoms with Crippen molar-refractivity contribution in [3.63, 3.8) is 0 Å². The quantitative estimate of drug-likeness (QED) is 0.490. The Morgan fingerprint density at radius 2 is 2.30 bits per heavy atom. The maximum Gasteiger partial charge on any atom is 0.351 e. The van der Waals surface area contributed by atoms with Gasteiger partial charge in [-0.1, -0.05) is 12.2 Å². The SMILES string of the molecule is C/C=C\[C@]1(CO)O[C@@H](n2ccc(N)nc2=O)C(O)C1O. The predicted octanol–water partition coefficient (Wildman–Crippen LogP) is -1.62. The number of hydrogen-bond acceptors (Lipinski definition) is 7. The Balaban J connectivity index is 2.42. The second-order valence-corrected chi connectivity index (χ2v) is 4.60. The molecule has 0 amide bonds. The first-order valence-electron chi connectivity index (χ1n) is 6.08. The third-order valence-corrected chi connectivity index (χ3v) is 3.28. The van der Waals surface area contributed by atoms with Gasteiger partial charge in [0.15, 0.2) is 6.23 Å². The molecule has 1 aliphatic rings. The van der Waals surface area contributed by atoms with E-state index in [4.69, 9.17) is 10.5 Å². The number of ether oxygens (including phenoxy) is 1. The minimum atomic E-state index is -1.46. The van der Waals surface area contributed by atoms with E-state index in [2.05, 4.69) is 4.98 Å². The minimum Gasteiger partial charge on any atom is -0.393 e. The van der Waals surface area contributed by atoms with Crippen molar-refractivity contribution in [2.24, 2.45) is 0 Å². The first-order chi connectivity index (χ1) is 9.45. The topological polar surface area (TPSA) is 131 Å². The maximum absolute atomic E-state index is 11.8. The van der Waals surface area contributed by atoms with Gasteiger partial charge in [0.1, 0.15) is 23.6 Å². The van der Waals surface area contributed by atoms with E-state index in [1.807, 2.05) is 0 Å². The molecule has 1 fully saturated rings. The van der Waals surface area contributed by atoms with E-state index in [9.17, 15) is 20.1 Å². The molecule has 0 bridgehead atoms. The number of aromatic nitrogens is 2. The van der Waals surface area contributed by atoms with Crippen LogP contribution in [0.15, 0.2) is 29.2 Å². The zero-order valence-electron chi connectivity index (χ0n) is 10.9.